The summed E-state index contributed by atoms with van der Waals surface area (Å²) in [4.78, 5) is 0. The summed E-state index contributed by atoms with van der Waals surface area (Å²) in [5.41, 5.74) is 1.13. The lowest BCUT2D eigenvalue weighted by Gasteiger charge is -2.22. The predicted octanol–water partition coefficient (Wildman–Crippen LogP) is 4.04. The van der Waals surface area contributed by atoms with E-state index in [1.807, 2.05) is 12.1 Å². The number of benzene rings is 1. The molecule has 1 aromatic rings. The molecule has 0 heterocycles. The molecule has 0 saturated carbocycles. The lowest BCUT2D eigenvalue weighted by atomic mass is 9.89. The molecule has 19 heavy (non-hydrogen) atoms. The topological polar surface area (TPSA) is 21.3 Å². The van der Waals surface area contributed by atoms with Crippen molar-refractivity contribution in [3.8, 4) is 0 Å². The van der Waals surface area contributed by atoms with Crippen LogP contribution >= 0.6 is 23.2 Å². The van der Waals surface area contributed by atoms with Gasteiger partial charge >= 0.3 is 0 Å². The third kappa shape index (κ3) is 5.70. The van der Waals surface area contributed by atoms with Crippen molar-refractivity contribution in [3.05, 3.63) is 33.8 Å². The predicted molar refractivity (Wildman–Crippen MR) is 83.2 cm³/mol. The Labute approximate surface area is 126 Å². The Morgan fingerprint density at radius 3 is 2.63 bits per heavy atom. The number of nitrogens with one attached hydrogen (secondary N) is 1. The molecule has 0 aliphatic carbocycles. The summed E-state index contributed by atoms with van der Waals surface area (Å²) < 4.78 is 5.04. The Hall–Kier alpha value is -0.280. The fourth-order valence-electron chi connectivity index (χ4n) is 1.99. The first-order valence-corrected chi connectivity index (χ1v) is 7.44. The zero-order chi connectivity index (χ0) is 14.3. The SMILES string of the molecule is COCCNCC(Cc1cccc(Cl)c1Cl)C(C)C. The molecular formula is C15H23Cl2NO. The largest absolute Gasteiger partial charge is 0.383 e. The highest BCUT2D eigenvalue weighted by atomic mass is 35.5. The van der Waals surface area contributed by atoms with Gasteiger partial charge in [0.05, 0.1) is 16.7 Å². The van der Waals surface area contributed by atoms with Crippen molar-refractivity contribution in [1.29, 1.82) is 0 Å². The van der Waals surface area contributed by atoms with Crippen LogP contribution in [0.15, 0.2) is 18.2 Å². The fraction of sp³-hybridized carbons (Fsp3) is 0.600. The molecule has 0 aliphatic heterocycles. The molecule has 1 atom stereocenters. The number of methoxy groups -OCH3 is 1. The molecule has 0 spiro atoms. The molecule has 0 aliphatic rings. The van der Waals surface area contributed by atoms with Crippen LogP contribution in [0.4, 0.5) is 0 Å². The van der Waals surface area contributed by atoms with Gasteiger partial charge in [-0.25, -0.2) is 0 Å². The van der Waals surface area contributed by atoms with Crippen molar-refractivity contribution in [2.24, 2.45) is 11.8 Å². The molecule has 0 fully saturated rings. The van der Waals surface area contributed by atoms with Gasteiger partial charge in [0, 0.05) is 13.7 Å². The van der Waals surface area contributed by atoms with E-state index >= 15 is 0 Å². The molecule has 2 nitrogen and oxygen atoms in total. The molecule has 4 heteroatoms. The van der Waals surface area contributed by atoms with E-state index in [9.17, 15) is 0 Å². The van der Waals surface area contributed by atoms with Crippen molar-refractivity contribution in [1.82, 2.24) is 5.32 Å². The standard InChI is InChI=1S/C15H23Cl2NO/c1-11(2)13(10-18-7-8-19-3)9-12-5-4-6-14(16)15(12)17/h4-6,11,13,18H,7-10H2,1-3H3. The van der Waals surface area contributed by atoms with Crippen LogP contribution in [0.2, 0.25) is 10.0 Å². The number of rotatable bonds is 8. The lowest BCUT2D eigenvalue weighted by molar-refractivity contribution is 0.196. The summed E-state index contributed by atoms with van der Waals surface area (Å²) in [7, 11) is 1.72. The second-order valence-corrected chi connectivity index (χ2v) is 5.90. The molecule has 108 valence electrons. The zero-order valence-corrected chi connectivity index (χ0v) is 13.4. The van der Waals surface area contributed by atoms with Gasteiger partial charge in [-0.1, -0.05) is 49.2 Å². The molecule has 1 N–H and O–H groups in total. The minimum Gasteiger partial charge on any atom is -0.383 e. The van der Waals surface area contributed by atoms with E-state index in [1.165, 1.54) is 0 Å². The highest BCUT2D eigenvalue weighted by Crippen LogP contribution is 2.28. The minimum atomic E-state index is 0.535. The molecular weight excluding hydrogens is 281 g/mol. The zero-order valence-electron chi connectivity index (χ0n) is 11.9. The van der Waals surface area contributed by atoms with Gasteiger partial charge in [-0.05, 0) is 36.4 Å². The third-order valence-electron chi connectivity index (χ3n) is 3.35. The van der Waals surface area contributed by atoms with Gasteiger partial charge in [-0.2, -0.15) is 0 Å². The van der Waals surface area contributed by atoms with E-state index in [4.69, 9.17) is 27.9 Å². The van der Waals surface area contributed by atoms with Crippen LogP contribution in [0, 0.1) is 11.8 Å². The Morgan fingerprint density at radius 2 is 2.00 bits per heavy atom. The highest BCUT2D eigenvalue weighted by Gasteiger charge is 2.16. The number of hydrogen-bond acceptors (Lipinski definition) is 2. The maximum atomic E-state index is 6.25. The molecule has 1 rings (SSSR count). The third-order valence-corrected chi connectivity index (χ3v) is 4.20. The van der Waals surface area contributed by atoms with E-state index in [2.05, 4.69) is 25.2 Å². The first-order chi connectivity index (χ1) is 9.06. The van der Waals surface area contributed by atoms with Gasteiger partial charge in [-0.3, -0.25) is 0 Å². The van der Waals surface area contributed by atoms with E-state index < -0.39 is 0 Å². The summed E-state index contributed by atoms with van der Waals surface area (Å²) >= 11 is 12.3. The van der Waals surface area contributed by atoms with Gasteiger partial charge in [0.15, 0.2) is 0 Å². The van der Waals surface area contributed by atoms with E-state index in [0.717, 1.165) is 31.7 Å². The average Bonchev–Trinajstić information content (AvgIpc) is 2.37. The van der Waals surface area contributed by atoms with E-state index in [1.54, 1.807) is 7.11 Å². The first kappa shape index (κ1) is 16.8. The monoisotopic (exact) mass is 303 g/mol. The van der Waals surface area contributed by atoms with Crippen LogP contribution in [0.3, 0.4) is 0 Å². The summed E-state index contributed by atoms with van der Waals surface area (Å²) in [5.74, 6) is 1.12. The maximum absolute atomic E-state index is 6.25. The highest BCUT2D eigenvalue weighted by molar-refractivity contribution is 6.42. The molecule has 0 radical (unpaired) electrons. The second kappa shape index (κ2) is 8.80. The van der Waals surface area contributed by atoms with Crippen LogP contribution < -0.4 is 5.32 Å². The summed E-state index contributed by atoms with van der Waals surface area (Å²) in [6, 6.07) is 5.84. The first-order valence-electron chi connectivity index (χ1n) is 6.68. The second-order valence-electron chi connectivity index (χ2n) is 5.12. The normalized spacial score (nSPS) is 12.9. The maximum Gasteiger partial charge on any atom is 0.0624 e. The number of hydrogen-bond donors (Lipinski definition) is 1. The molecule has 1 aromatic carbocycles. The molecule has 0 aromatic heterocycles. The van der Waals surface area contributed by atoms with Crippen LogP contribution in [0.25, 0.3) is 0 Å². The lowest BCUT2D eigenvalue weighted by Crippen LogP contribution is -2.30. The Morgan fingerprint density at radius 1 is 1.26 bits per heavy atom. The average molecular weight is 304 g/mol. The van der Waals surface area contributed by atoms with Crippen molar-refractivity contribution < 1.29 is 4.74 Å². The smallest absolute Gasteiger partial charge is 0.0624 e. The summed E-state index contributed by atoms with van der Waals surface area (Å²) in [5, 5.41) is 4.74. The number of halogens is 2. The van der Waals surface area contributed by atoms with Gasteiger partial charge in [0.2, 0.25) is 0 Å². The van der Waals surface area contributed by atoms with Crippen LogP contribution in [0.5, 0.6) is 0 Å². The summed E-state index contributed by atoms with van der Waals surface area (Å²) in [6.45, 7) is 7.05. The number of ether oxygens (including phenoxy) is 1. The summed E-state index contributed by atoms with van der Waals surface area (Å²) in [6.07, 6.45) is 0.942. The molecule has 0 bridgehead atoms. The van der Waals surface area contributed by atoms with Gasteiger partial charge in [0.1, 0.15) is 0 Å². The van der Waals surface area contributed by atoms with Crippen molar-refractivity contribution in [3.63, 3.8) is 0 Å². The minimum absolute atomic E-state index is 0.535. The Balaban J connectivity index is 2.60. The van der Waals surface area contributed by atoms with Crippen LogP contribution in [-0.4, -0.2) is 26.8 Å². The molecule has 0 saturated heterocycles. The quantitative estimate of drug-likeness (QED) is 0.732. The van der Waals surface area contributed by atoms with Gasteiger partial charge in [0.25, 0.3) is 0 Å². The van der Waals surface area contributed by atoms with Crippen molar-refractivity contribution in [2.75, 3.05) is 26.8 Å². The van der Waals surface area contributed by atoms with Gasteiger partial charge in [-0.15, -0.1) is 0 Å². The molecule has 1 unspecified atom stereocenters. The van der Waals surface area contributed by atoms with Crippen molar-refractivity contribution in [2.45, 2.75) is 20.3 Å². The van der Waals surface area contributed by atoms with Gasteiger partial charge < -0.3 is 10.1 Å². The van der Waals surface area contributed by atoms with Crippen molar-refractivity contribution >= 4 is 23.2 Å². The van der Waals surface area contributed by atoms with E-state index in [0.29, 0.717) is 21.9 Å². The van der Waals surface area contributed by atoms with Crippen LogP contribution in [0.1, 0.15) is 19.4 Å². The van der Waals surface area contributed by atoms with E-state index in [-0.39, 0.29) is 0 Å². The molecule has 0 amide bonds. The van der Waals surface area contributed by atoms with Crippen LogP contribution in [-0.2, 0) is 11.2 Å². The Kier molecular flexibility index (Phi) is 7.77. The Bertz CT molecular complexity index is 382. The fourth-order valence-corrected chi connectivity index (χ4v) is 2.39.